The summed E-state index contributed by atoms with van der Waals surface area (Å²) in [6, 6.07) is 16.2. The van der Waals surface area contributed by atoms with Crippen LogP contribution < -0.4 is 9.80 Å². The number of hydrogen-bond acceptors (Lipinski definition) is 4. The van der Waals surface area contributed by atoms with E-state index < -0.39 is 0 Å². The van der Waals surface area contributed by atoms with Gasteiger partial charge in [0.05, 0.1) is 36.9 Å². The molecule has 0 unspecified atom stereocenters. The zero-order chi connectivity index (χ0) is 17.9. The zero-order valence-corrected chi connectivity index (χ0v) is 15.5. The van der Waals surface area contributed by atoms with Gasteiger partial charge in [-0.15, -0.1) is 10.2 Å². The van der Waals surface area contributed by atoms with Crippen molar-refractivity contribution in [2.45, 2.75) is 13.5 Å². The first-order valence-corrected chi connectivity index (χ1v) is 9.29. The van der Waals surface area contributed by atoms with Gasteiger partial charge in [-0.1, -0.05) is 41.4 Å². The number of aromatic nitrogens is 2. The van der Waals surface area contributed by atoms with Crippen LogP contribution >= 0.6 is 11.6 Å². The average molecular weight is 370 g/mol. The Bertz CT molecular complexity index is 870. The Morgan fingerprint density at radius 1 is 1.04 bits per heavy atom. The van der Waals surface area contributed by atoms with Crippen LogP contribution in [0.3, 0.4) is 0 Å². The number of rotatable bonds is 4. The van der Waals surface area contributed by atoms with Gasteiger partial charge in [-0.3, -0.25) is 0 Å². The van der Waals surface area contributed by atoms with Crippen LogP contribution in [0.4, 0.5) is 5.69 Å². The highest BCUT2D eigenvalue weighted by atomic mass is 35.5. The maximum atomic E-state index is 6.31. The van der Waals surface area contributed by atoms with Crippen LogP contribution in [0.1, 0.15) is 11.5 Å². The zero-order valence-electron chi connectivity index (χ0n) is 14.8. The first-order chi connectivity index (χ1) is 12.7. The van der Waals surface area contributed by atoms with E-state index >= 15 is 0 Å². The Kier molecular flexibility index (Phi) is 4.91. The fraction of sp³-hybridized carbons (Fsp3) is 0.300. The van der Waals surface area contributed by atoms with E-state index in [1.165, 1.54) is 10.5 Å². The highest BCUT2D eigenvalue weighted by molar-refractivity contribution is 6.33. The number of para-hydroxylation sites is 1. The van der Waals surface area contributed by atoms with Gasteiger partial charge in [0.2, 0.25) is 5.89 Å². The molecule has 6 heteroatoms. The molecule has 26 heavy (non-hydrogen) atoms. The minimum absolute atomic E-state index is 0.592. The molecule has 2 heterocycles. The molecule has 0 bridgehead atoms. The van der Waals surface area contributed by atoms with E-state index in [4.69, 9.17) is 16.0 Å². The molecule has 0 saturated carbocycles. The molecule has 5 nitrogen and oxygen atoms in total. The van der Waals surface area contributed by atoms with Gasteiger partial charge in [-0.25, -0.2) is 0 Å². The average Bonchev–Trinajstić information content (AvgIpc) is 3.12. The number of aryl methyl sites for hydroxylation is 1. The van der Waals surface area contributed by atoms with Crippen LogP contribution in [0.2, 0.25) is 5.02 Å². The maximum Gasteiger partial charge on any atom is 0.271 e. The van der Waals surface area contributed by atoms with Crippen molar-refractivity contribution in [3.8, 4) is 11.5 Å². The summed E-state index contributed by atoms with van der Waals surface area (Å²) in [6.07, 6.45) is 0. The number of piperazine rings is 1. The van der Waals surface area contributed by atoms with Gasteiger partial charge in [0.1, 0.15) is 0 Å². The Hall–Kier alpha value is -2.37. The molecule has 3 aromatic rings. The van der Waals surface area contributed by atoms with Crippen molar-refractivity contribution in [3.05, 3.63) is 65.0 Å². The molecule has 1 aliphatic heterocycles. The quantitative estimate of drug-likeness (QED) is 0.768. The Balaban J connectivity index is 1.36. The number of nitrogens with zero attached hydrogens (tertiary/aromatic N) is 3. The molecule has 0 aliphatic carbocycles. The van der Waals surface area contributed by atoms with Crippen molar-refractivity contribution < 1.29 is 9.32 Å². The van der Waals surface area contributed by atoms with E-state index in [0.29, 0.717) is 11.8 Å². The summed E-state index contributed by atoms with van der Waals surface area (Å²) < 4.78 is 5.87. The first kappa shape index (κ1) is 17.1. The molecule has 4 rings (SSSR count). The van der Waals surface area contributed by atoms with Crippen LogP contribution in [-0.2, 0) is 6.54 Å². The third kappa shape index (κ3) is 3.74. The number of hydrogen-bond donors (Lipinski definition) is 1. The van der Waals surface area contributed by atoms with Crippen LogP contribution in [0.15, 0.2) is 52.9 Å². The second-order valence-corrected chi connectivity index (χ2v) is 7.14. The van der Waals surface area contributed by atoms with Gasteiger partial charge in [0.15, 0.2) is 6.54 Å². The number of nitrogens with one attached hydrogen (secondary N) is 1. The molecule has 0 amide bonds. The van der Waals surface area contributed by atoms with Crippen molar-refractivity contribution in [2.24, 2.45) is 0 Å². The van der Waals surface area contributed by atoms with E-state index in [-0.39, 0.29) is 0 Å². The molecule has 0 atom stereocenters. The summed E-state index contributed by atoms with van der Waals surface area (Å²) in [5.41, 5.74) is 3.30. The highest BCUT2D eigenvalue weighted by Gasteiger charge is 2.23. The standard InChI is InChI=1S/C20H21ClN4O/c1-15-6-8-16(9-7-15)20-23-22-19(26-20)14-24-10-12-25(13-11-24)18-5-3-2-4-17(18)21/h2-9H,10-14H2,1H3/p+1. The molecule has 0 radical (unpaired) electrons. The summed E-state index contributed by atoms with van der Waals surface area (Å²) in [5.74, 6) is 1.29. The molecule has 2 aromatic carbocycles. The molecule has 1 saturated heterocycles. The van der Waals surface area contributed by atoms with Gasteiger partial charge in [-0.2, -0.15) is 0 Å². The topological polar surface area (TPSA) is 46.6 Å². The minimum Gasteiger partial charge on any atom is -0.415 e. The van der Waals surface area contributed by atoms with Crippen LogP contribution in [-0.4, -0.2) is 36.4 Å². The summed E-state index contributed by atoms with van der Waals surface area (Å²) >= 11 is 6.31. The fourth-order valence-electron chi connectivity index (χ4n) is 3.30. The van der Waals surface area contributed by atoms with Gasteiger partial charge < -0.3 is 14.2 Å². The second kappa shape index (κ2) is 7.48. The van der Waals surface area contributed by atoms with E-state index in [9.17, 15) is 0 Å². The maximum absolute atomic E-state index is 6.31. The third-order valence-corrected chi connectivity index (χ3v) is 5.15. The van der Waals surface area contributed by atoms with Crippen molar-refractivity contribution >= 4 is 17.3 Å². The molecule has 1 aromatic heterocycles. The highest BCUT2D eigenvalue weighted by Crippen LogP contribution is 2.25. The molecule has 1 aliphatic rings. The van der Waals surface area contributed by atoms with Gasteiger partial charge in [0, 0.05) is 5.56 Å². The lowest BCUT2D eigenvalue weighted by molar-refractivity contribution is -0.915. The van der Waals surface area contributed by atoms with Crippen molar-refractivity contribution in [2.75, 3.05) is 31.1 Å². The van der Waals surface area contributed by atoms with E-state index in [1.807, 2.05) is 30.3 Å². The number of halogens is 1. The third-order valence-electron chi connectivity index (χ3n) is 4.83. The summed E-state index contributed by atoms with van der Waals surface area (Å²) in [4.78, 5) is 3.80. The van der Waals surface area contributed by atoms with Crippen LogP contribution in [0, 0.1) is 6.92 Å². The largest absolute Gasteiger partial charge is 0.415 e. The predicted molar refractivity (Wildman–Crippen MR) is 103 cm³/mol. The summed E-state index contributed by atoms with van der Waals surface area (Å²) in [7, 11) is 0. The van der Waals surface area contributed by atoms with E-state index in [0.717, 1.165) is 49.0 Å². The van der Waals surface area contributed by atoms with Gasteiger partial charge in [0.25, 0.3) is 5.89 Å². The molecule has 1 fully saturated rings. The Morgan fingerprint density at radius 3 is 2.50 bits per heavy atom. The van der Waals surface area contributed by atoms with Crippen LogP contribution in [0.25, 0.3) is 11.5 Å². The lowest BCUT2D eigenvalue weighted by Crippen LogP contribution is -3.13. The molecule has 1 N–H and O–H groups in total. The molecular weight excluding hydrogens is 348 g/mol. The molecular formula is C20H22ClN4O+. The number of anilines is 1. The normalized spacial score (nSPS) is 15.4. The minimum atomic E-state index is 0.592. The number of benzene rings is 2. The molecule has 0 spiro atoms. The molecule has 134 valence electrons. The fourth-order valence-corrected chi connectivity index (χ4v) is 3.56. The SMILES string of the molecule is Cc1ccc(-c2nnc(C[NH+]3CCN(c4ccccc4Cl)CC3)o2)cc1. The smallest absolute Gasteiger partial charge is 0.271 e. The lowest BCUT2D eigenvalue weighted by atomic mass is 10.1. The second-order valence-electron chi connectivity index (χ2n) is 6.73. The lowest BCUT2D eigenvalue weighted by Gasteiger charge is -2.33. The van der Waals surface area contributed by atoms with E-state index in [2.05, 4.69) is 40.2 Å². The monoisotopic (exact) mass is 369 g/mol. The van der Waals surface area contributed by atoms with Crippen molar-refractivity contribution in [1.29, 1.82) is 0 Å². The number of quaternary nitrogens is 1. The first-order valence-electron chi connectivity index (χ1n) is 8.91. The Labute approximate surface area is 158 Å². The van der Waals surface area contributed by atoms with Gasteiger partial charge >= 0.3 is 0 Å². The predicted octanol–water partition coefficient (Wildman–Crippen LogP) is 2.60. The van der Waals surface area contributed by atoms with Crippen molar-refractivity contribution in [1.82, 2.24) is 10.2 Å². The Morgan fingerprint density at radius 2 is 1.77 bits per heavy atom. The summed E-state index contributed by atoms with van der Waals surface area (Å²) in [5, 5.41) is 9.24. The van der Waals surface area contributed by atoms with Gasteiger partial charge in [-0.05, 0) is 31.2 Å². The van der Waals surface area contributed by atoms with Crippen molar-refractivity contribution in [3.63, 3.8) is 0 Å². The van der Waals surface area contributed by atoms with Crippen LogP contribution in [0.5, 0.6) is 0 Å². The van der Waals surface area contributed by atoms with E-state index in [1.54, 1.807) is 0 Å². The summed E-state index contributed by atoms with van der Waals surface area (Å²) in [6.45, 7) is 6.81.